The molecule has 2 heterocycles. The fourth-order valence-electron chi connectivity index (χ4n) is 2.14. The molecule has 2 rings (SSSR count). The van der Waals surface area contributed by atoms with E-state index in [1.807, 2.05) is 0 Å². The van der Waals surface area contributed by atoms with Crippen molar-refractivity contribution >= 4 is 27.6 Å². The fraction of sp³-hybridized carbons (Fsp3) is 0.636. The molecule has 0 unspecified atom stereocenters. The van der Waals surface area contributed by atoms with Crippen LogP contribution in [0, 0.1) is 0 Å². The van der Waals surface area contributed by atoms with Gasteiger partial charge in [-0.3, -0.25) is 0 Å². The van der Waals surface area contributed by atoms with Crippen LogP contribution in [-0.2, 0) is 16.2 Å². The van der Waals surface area contributed by atoms with E-state index in [1.165, 1.54) is 4.31 Å². The molecule has 1 N–H and O–H groups in total. The molecule has 124 valence electrons. The molecule has 6 nitrogen and oxygen atoms in total. The van der Waals surface area contributed by atoms with Crippen LogP contribution >= 0.6 is 11.6 Å². The van der Waals surface area contributed by atoms with E-state index in [-0.39, 0.29) is 12.0 Å². The van der Waals surface area contributed by atoms with Crippen LogP contribution < -0.4 is 5.32 Å². The summed E-state index contributed by atoms with van der Waals surface area (Å²) in [6.07, 6.45) is -1.82. The normalized spacial score (nSPS) is 18.4. The average molecular weight is 359 g/mol. The summed E-state index contributed by atoms with van der Waals surface area (Å²) in [6.45, 7) is 0.676. The monoisotopic (exact) mass is 358 g/mol. The van der Waals surface area contributed by atoms with Crippen molar-refractivity contribution in [1.29, 1.82) is 0 Å². The zero-order chi connectivity index (χ0) is 16.5. The van der Waals surface area contributed by atoms with Crippen LogP contribution in [0.15, 0.2) is 6.20 Å². The van der Waals surface area contributed by atoms with E-state index in [1.54, 1.807) is 0 Å². The first-order valence-electron chi connectivity index (χ1n) is 6.39. The minimum absolute atomic E-state index is 0.00388. The molecule has 1 fully saturated rings. The number of hydrogen-bond donors (Lipinski definition) is 1. The number of sulfonamides is 1. The van der Waals surface area contributed by atoms with Gasteiger partial charge in [-0.05, 0) is 12.8 Å². The van der Waals surface area contributed by atoms with Gasteiger partial charge < -0.3 is 5.32 Å². The molecule has 1 aromatic heterocycles. The molecule has 0 atom stereocenters. The number of hydrogen-bond acceptors (Lipinski definition) is 5. The van der Waals surface area contributed by atoms with E-state index in [0.717, 1.165) is 6.26 Å². The highest BCUT2D eigenvalue weighted by molar-refractivity contribution is 7.88. The number of nitrogens with zero attached hydrogens (tertiary/aromatic N) is 3. The lowest BCUT2D eigenvalue weighted by Gasteiger charge is -2.30. The molecule has 1 saturated heterocycles. The zero-order valence-corrected chi connectivity index (χ0v) is 13.1. The number of aromatic nitrogens is 2. The van der Waals surface area contributed by atoms with Gasteiger partial charge >= 0.3 is 6.18 Å². The summed E-state index contributed by atoms with van der Waals surface area (Å²) in [7, 11) is -3.22. The van der Waals surface area contributed by atoms with Crippen molar-refractivity contribution in [2.45, 2.75) is 25.1 Å². The van der Waals surface area contributed by atoms with Crippen molar-refractivity contribution in [2.24, 2.45) is 0 Å². The lowest BCUT2D eigenvalue weighted by atomic mass is 10.1. The zero-order valence-electron chi connectivity index (χ0n) is 11.6. The fourth-order valence-corrected chi connectivity index (χ4v) is 3.25. The third-order valence-electron chi connectivity index (χ3n) is 3.30. The Hall–Kier alpha value is -1.13. The minimum Gasteiger partial charge on any atom is -0.351 e. The molecule has 11 heteroatoms. The molecule has 0 aromatic carbocycles. The summed E-state index contributed by atoms with van der Waals surface area (Å²) in [6, 6.07) is -0.120. The summed E-state index contributed by atoms with van der Waals surface area (Å²) in [5.74, 6) is -0.00388. The molecule has 0 spiro atoms. The summed E-state index contributed by atoms with van der Waals surface area (Å²) in [5, 5.41) is 2.21. The maximum Gasteiger partial charge on any atom is 0.420 e. The van der Waals surface area contributed by atoms with Gasteiger partial charge in [0, 0.05) is 25.3 Å². The highest BCUT2D eigenvalue weighted by Gasteiger charge is 2.35. The predicted molar refractivity (Wildman–Crippen MR) is 75.1 cm³/mol. The Balaban J connectivity index is 2.00. The quantitative estimate of drug-likeness (QED) is 0.836. The Morgan fingerprint density at radius 1 is 1.36 bits per heavy atom. The maximum absolute atomic E-state index is 12.5. The van der Waals surface area contributed by atoms with Gasteiger partial charge in [-0.25, -0.2) is 22.7 Å². The number of anilines is 1. The minimum atomic E-state index is -4.60. The van der Waals surface area contributed by atoms with Crippen LogP contribution in [-0.4, -0.2) is 48.1 Å². The van der Waals surface area contributed by atoms with Gasteiger partial charge in [0.05, 0.1) is 6.26 Å². The van der Waals surface area contributed by atoms with Gasteiger partial charge in [-0.1, -0.05) is 11.6 Å². The number of nitrogens with one attached hydrogen (secondary N) is 1. The van der Waals surface area contributed by atoms with Crippen LogP contribution in [0.3, 0.4) is 0 Å². The molecule has 1 aromatic rings. The van der Waals surface area contributed by atoms with E-state index in [9.17, 15) is 21.6 Å². The Bertz CT molecular complexity index is 645. The maximum atomic E-state index is 12.5. The van der Waals surface area contributed by atoms with Crippen molar-refractivity contribution in [3.63, 3.8) is 0 Å². The Morgan fingerprint density at radius 3 is 2.41 bits per heavy atom. The van der Waals surface area contributed by atoms with Crippen molar-refractivity contribution in [3.8, 4) is 0 Å². The lowest BCUT2D eigenvalue weighted by molar-refractivity contribution is -0.137. The first-order valence-corrected chi connectivity index (χ1v) is 8.61. The molecule has 22 heavy (non-hydrogen) atoms. The summed E-state index contributed by atoms with van der Waals surface area (Å²) in [5.41, 5.74) is -1.09. The molecular formula is C11H14ClF3N4O2S. The summed E-state index contributed by atoms with van der Waals surface area (Å²) in [4.78, 5) is 7.20. The second-order valence-electron chi connectivity index (χ2n) is 4.98. The molecule has 0 amide bonds. The molecule has 0 saturated carbocycles. The third-order valence-corrected chi connectivity index (χ3v) is 4.90. The molecule has 0 aliphatic carbocycles. The third kappa shape index (κ3) is 4.20. The number of halogens is 4. The predicted octanol–water partition coefficient (Wildman–Crippen LogP) is 1.98. The SMILES string of the molecule is CS(=O)(=O)N1CCC(Nc2ncc(C(F)(F)F)c(Cl)n2)CC1. The largest absolute Gasteiger partial charge is 0.420 e. The lowest BCUT2D eigenvalue weighted by Crippen LogP contribution is -2.42. The van der Waals surface area contributed by atoms with Crippen LogP contribution in [0.2, 0.25) is 5.15 Å². The second-order valence-corrected chi connectivity index (χ2v) is 7.32. The highest BCUT2D eigenvalue weighted by Crippen LogP contribution is 2.33. The Morgan fingerprint density at radius 2 is 1.95 bits per heavy atom. The van der Waals surface area contributed by atoms with Crippen LogP contribution in [0.25, 0.3) is 0 Å². The summed E-state index contributed by atoms with van der Waals surface area (Å²) >= 11 is 5.52. The number of piperidine rings is 1. The van der Waals surface area contributed by atoms with E-state index in [4.69, 9.17) is 11.6 Å². The Kier molecular flexibility index (Phi) is 4.83. The second kappa shape index (κ2) is 6.17. The first-order chi connectivity index (χ1) is 10.1. The average Bonchev–Trinajstić information content (AvgIpc) is 2.36. The van der Waals surface area contributed by atoms with Crippen molar-refractivity contribution in [3.05, 3.63) is 16.9 Å². The molecule has 1 aliphatic rings. The van der Waals surface area contributed by atoms with Crippen molar-refractivity contribution in [2.75, 3.05) is 24.7 Å². The molecule has 0 bridgehead atoms. The van der Waals surface area contributed by atoms with E-state index >= 15 is 0 Å². The molecular weight excluding hydrogens is 345 g/mol. The van der Waals surface area contributed by atoms with E-state index in [2.05, 4.69) is 15.3 Å². The Labute approximate surface area is 130 Å². The van der Waals surface area contributed by atoms with Gasteiger partial charge in [0.1, 0.15) is 10.7 Å². The van der Waals surface area contributed by atoms with Crippen molar-refractivity contribution in [1.82, 2.24) is 14.3 Å². The van der Waals surface area contributed by atoms with Gasteiger partial charge in [-0.15, -0.1) is 0 Å². The van der Waals surface area contributed by atoms with Crippen LogP contribution in [0.1, 0.15) is 18.4 Å². The number of alkyl halides is 3. The van der Waals surface area contributed by atoms with Crippen LogP contribution in [0.4, 0.5) is 19.1 Å². The number of rotatable bonds is 3. The van der Waals surface area contributed by atoms with Gasteiger partial charge in [0.25, 0.3) is 0 Å². The van der Waals surface area contributed by atoms with Crippen molar-refractivity contribution < 1.29 is 21.6 Å². The first kappa shape index (κ1) is 17.2. The van der Waals surface area contributed by atoms with Gasteiger partial charge in [-0.2, -0.15) is 13.2 Å². The smallest absolute Gasteiger partial charge is 0.351 e. The van der Waals surface area contributed by atoms with Crippen LogP contribution in [0.5, 0.6) is 0 Å². The van der Waals surface area contributed by atoms with E-state index in [0.29, 0.717) is 32.1 Å². The van der Waals surface area contributed by atoms with Gasteiger partial charge in [0.15, 0.2) is 0 Å². The standard InChI is InChI=1S/C11H14ClF3N4O2S/c1-22(20,21)19-4-2-7(3-5-19)17-10-16-6-8(9(12)18-10)11(13,14)15/h6-7H,2-5H2,1H3,(H,16,17,18). The summed E-state index contributed by atoms with van der Waals surface area (Å²) < 4.78 is 61.8. The highest BCUT2D eigenvalue weighted by atomic mass is 35.5. The van der Waals surface area contributed by atoms with E-state index < -0.39 is 26.9 Å². The molecule has 1 aliphatic heterocycles. The van der Waals surface area contributed by atoms with Gasteiger partial charge in [0.2, 0.25) is 16.0 Å². The topological polar surface area (TPSA) is 75.2 Å². The molecule has 0 radical (unpaired) electrons.